The highest BCUT2D eigenvalue weighted by atomic mass is 16.5. The van der Waals surface area contributed by atoms with E-state index in [2.05, 4.69) is 61.0 Å². The minimum atomic E-state index is 0.431. The summed E-state index contributed by atoms with van der Waals surface area (Å²) in [5, 5.41) is 1.08. The zero-order valence-electron chi connectivity index (χ0n) is 20.2. The molecule has 0 amide bonds. The van der Waals surface area contributed by atoms with Crippen LogP contribution in [0.3, 0.4) is 0 Å². The van der Waals surface area contributed by atoms with E-state index in [1.165, 1.54) is 11.1 Å². The number of ether oxygens (including phenoxy) is 2. The third-order valence-corrected chi connectivity index (χ3v) is 5.63. The molecule has 5 heteroatoms. The monoisotopic (exact) mass is 459 g/mol. The van der Waals surface area contributed by atoms with E-state index in [1.54, 1.807) is 13.2 Å². The Morgan fingerprint density at radius 1 is 0.912 bits per heavy atom. The van der Waals surface area contributed by atoms with Crippen molar-refractivity contribution < 1.29 is 18.7 Å². The average molecular weight is 460 g/mol. The standard InChI is InChI=1S/C26H27NO2.C3H6O2/c1-3-18-8-9-21(4-2)25(15-18)29-17-20-13-23-10-11-28-26(23)24(14-20)22-7-5-6-19(12-22)16-27;1-2-5-3-4/h5-15H,3-4,16-17,27H2,1-2H3;3H,2H2,1H3. The number of carbonyl (C=O) groups excluding carboxylic acids is 1. The smallest absolute Gasteiger partial charge is 0.293 e. The van der Waals surface area contributed by atoms with Crippen molar-refractivity contribution in [1.82, 2.24) is 0 Å². The van der Waals surface area contributed by atoms with Gasteiger partial charge in [-0.3, -0.25) is 4.79 Å². The number of carbonyl (C=O) groups is 1. The minimum absolute atomic E-state index is 0.431. The van der Waals surface area contributed by atoms with Gasteiger partial charge in [-0.2, -0.15) is 0 Å². The van der Waals surface area contributed by atoms with Crippen LogP contribution in [0.1, 0.15) is 43.0 Å². The molecule has 0 unspecified atom stereocenters. The average Bonchev–Trinajstić information content (AvgIpc) is 3.36. The van der Waals surface area contributed by atoms with Gasteiger partial charge in [0.15, 0.2) is 0 Å². The van der Waals surface area contributed by atoms with Crippen molar-refractivity contribution >= 4 is 17.4 Å². The molecule has 0 aliphatic carbocycles. The van der Waals surface area contributed by atoms with Crippen LogP contribution in [0.15, 0.2) is 71.3 Å². The predicted octanol–water partition coefficient (Wildman–Crippen LogP) is 6.44. The van der Waals surface area contributed by atoms with Gasteiger partial charge in [0.05, 0.1) is 12.9 Å². The lowest BCUT2D eigenvalue weighted by atomic mass is 9.99. The molecule has 2 N–H and O–H groups in total. The van der Waals surface area contributed by atoms with Gasteiger partial charge in [-0.05, 0) is 77.9 Å². The minimum Gasteiger partial charge on any atom is -0.489 e. The van der Waals surface area contributed by atoms with E-state index < -0.39 is 0 Å². The third-order valence-electron chi connectivity index (χ3n) is 5.63. The number of hydrogen-bond acceptors (Lipinski definition) is 5. The molecule has 0 saturated heterocycles. The molecule has 0 atom stereocenters. The number of furan rings is 1. The van der Waals surface area contributed by atoms with Crippen LogP contribution < -0.4 is 10.5 Å². The van der Waals surface area contributed by atoms with Crippen molar-refractivity contribution in [3.8, 4) is 16.9 Å². The molecular weight excluding hydrogens is 426 g/mol. The molecule has 1 aromatic heterocycles. The maximum atomic E-state index is 9.18. The number of benzene rings is 3. The summed E-state index contributed by atoms with van der Waals surface area (Å²) < 4.78 is 16.2. The van der Waals surface area contributed by atoms with Gasteiger partial charge < -0.3 is 19.6 Å². The van der Waals surface area contributed by atoms with Crippen LogP contribution in [0.5, 0.6) is 5.75 Å². The lowest BCUT2D eigenvalue weighted by molar-refractivity contribution is -0.128. The fourth-order valence-electron chi connectivity index (χ4n) is 3.78. The highest BCUT2D eigenvalue weighted by molar-refractivity contribution is 5.93. The first kappa shape index (κ1) is 25.1. The number of rotatable bonds is 9. The molecule has 0 fully saturated rings. The van der Waals surface area contributed by atoms with Crippen molar-refractivity contribution in [2.45, 2.75) is 46.8 Å². The Morgan fingerprint density at radius 2 is 1.76 bits per heavy atom. The summed E-state index contributed by atoms with van der Waals surface area (Å²) in [4.78, 5) is 9.18. The molecule has 4 rings (SSSR count). The van der Waals surface area contributed by atoms with Gasteiger partial charge in [0.2, 0.25) is 0 Å². The quantitative estimate of drug-likeness (QED) is 0.292. The lowest BCUT2D eigenvalue weighted by Gasteiger charge is -2.13. The predicted molar refractivity (Wildman–Crippen MR) is 137 cm³/mol. The van der Waals surface area contributed by atoms with Gasteiger partial charge in [0.1, 0.15) is 17.9 Å². The molecule has 178 valence electrons. The van der Waals surface area contributed by atoms with Crippen molar-refractivity contribution in [3.05, 3.63) is 89.2 Å². The van der Waals surface area contributed by atoms with E-state index in [1.807, 2.05) is 18.2 Å². The lowest BCUT2D eigenvalue weighted by Crippen LogP contribution is -2.00. The molecule has 34 heavy (non-hydrogen) atoms. The van der Waals surface area contributed by atoms with E-state index in [0.717, 1.165) is 51.8 Å². The van der Waals surface area contributed by atoms with Gasteiger partial charge in [-0.1, -0.05) is 44.2 Å². The number of hydrogen-bond donors (Lipinski definition) is 1. The van der Waals surface area contributed by atoms with Gasteiger partial charge in [-0.25, -0.2) is 0 Å². The second kappa shape index (κ2) is 12.6. The Bertz CT molecular complexity index is 1210. The topological polar surface area (TPSA) is 74.7 Å². The van der Waals surface area contributed by atoms with Crippen molar-refractivity contribution in [3.63, 3.8) is 0 Å². The summed E-state index contributed by atoms with van der Waals surface area (Å²) in [6, 6.07) is 21.2. The summed E-state index contributed by atoms with van der Waals surface area (Å²) in [5.74, 6) is 0.978. The Hall–Kier alpha value is -3.57. The Labute approximate surface area is 201 Å². The highest BCUT2D eigenvalue weighted by Crippen LogP contribution is 2.32. The van der Waals surface area contributed by atoms with E-state index in [9.17, 15) is 4.79 Å². The fourth-order valence-corrected chi connectivity index (χ4v) is 3.78. The second-order valence-corrected chi connectivity index (χ2v) is 7.88. The van der Waals surface area contributed by atoms with Crippen molar-refractivity contribution in [2.24, 2.45) is 5.73 Å². The van der Waals surface area contributed by atoms with E-state index in [4.69, 9.17) is 14.9 Å². The summed E-state index contributed by atoms with van der Waals surface area (Å²) in [6.07, 6.45) is 3.70. The highest BCUT2D eigenvalue weighted by Gasteiger charge is 2.11. The van der Waals surface area contributed by atoms with Gasteiger partial charge in [-0.15, -0.1) is 0 Å². The van der Waals surface area contributed by atoms with Gasteiger partial charge in [0.25, 0.3) is 6.47 Å². The first-order valence-corrected chi connectivity index (χ1v) is 11.7. The molecule has 0 aliphatic heterocycles. The van der Waals surface area contributed by atoms with Crippen LogP contribution in [-0.4, -0.2) is 13.1 Å². The molecule has 0 bridgehead atoms. The van der Waals surface area contributed by atoms with Crippen molar-refractivity contribution in [1.29, 1.82) is 0 Å². The Kier molecular flexibility index (Phi) is 9.30. The van der Waals surface area contributed by atoms with Gasteiger partial charge >= 0.3 is 0 Å². The maximum Gasteiger partial charge on any atom is 0.293 e. The number of nitrogens with two attached hydrogens (primary N) is 1. The zero-order chi connectivity index (χ0) is 24.3. The van der Waals surface area contributed by atoms with Gasteiger partial charge in [0, 0.05) is 17.5 Å². The molecule has 0 saturated carbocycles. The first-order valence-electron chi connectivity index (χ1n) is 11.7. The molecule has 0 aliphatic rings. The van der Waals surface area contributed by atoms with E-state index >= 15 is 0 Å². The summed E-state index contributed by atoms with van der Waals surface area (Å²) in [5.41, 5.74) is 13.7. The number of aryl methyl sites for hydroxylation is 2. The van der Waals surface area contributed by atoms with E-state index in [0.29, 0.717) is 26.2 Å². The Morgan fingerprint density at radius 3 is 2.44 bits per heavy atom. The summed E-state index contributed by atoms with van der Waals surface area (Å²) in [6.45, 7) is 8.03. The summed E-state index contributed by atoms with van der Waals surface area (Å²) >= 11 is 0. The Balaban J connectivity index is 0.000000588. The van der Waals surface area contributed by atoms with E-state index in [-0.39, 0.29) is 0 Å². The normalized spacial score (nSPS) is 10.5. The molecule has 3 aromatic carbocycles. The molecule has 0 spiro atoms. The fraction of sp³-hybridized carbons (Fsp3) is 0.276. The number of fused-ring (bicyclic) bond motifs is 1. The van der Waals surface area contributed by atoms with Crippen LogP contribution in [0.4, 0.5) is 0 Å². The van der Waals surface area contributed by atoms with Crippen LogP contribution >= 0.6 is 0 Å². The SMILES string of the molecule is CCOC=O.CCc1ccc(CC)c(OCc2cc(-c3cccc(CN)c3)c3occc3c2)c1. The van der Waals surface area contributed by atoms with Crippen LogP contribution in [-0.2, 0) is 35.5 Å². The molecule has 0 radical (unpaired) electrons. The molecule has 4 aromatic rings. The van der Waals surface area contributed by atoms with Crippen molar-refractivity contribution in [2.75, 3.05) is 6.61 Å². The molecular formula is C29H33NO4. The second-order valence-electron chi connectivity index (χ2n) is 7.88. The first-order chi connectivity index (χ1) is 16.6. The zero-order valence-corrected chi connectivity index (χ0v) is 20.2. The van der Waals surface area contributed by atoms with Crippen LogP contribution in [0, 0.1) is 0 Å². The molecule has 1 heterocycles. The summed E-state index contributed by atoms with van der Waals surface area (Å²) in [7, 11) is 0. The third kappa shape index (κ3) is 6.27. The van der Waals surface area contributed by atoms with Crippen LogP contribution in [0.25, 0.3) is 22.1 Å². The maximum absolute atomic E-state index is 9.18. The molecule has 5 nitrogen and oxygen atoms in total. The van der Waals surface area contributed by atoms with Crippen LogP contribution in [0.2, 0.25) is 0 Å². The largest absolute Gasteiger partial charge is 0.489 e.